The topological polar surface area (TPSA) is 38.1 Å². The summed E-state index contributed by atoms with van der Waals surface area (Å²) < 4.78 is 3.32. The van der Waals surface area contributed by atoms with Crippen LogP contribution in [-0.4, -0.2) is 14.7 Å². The summed E-state index contributed by atoms with van der Waals surface area (Å²) in [6.45, 7) is 7.47. The van der Waals surface area contributed by atoms with Crippen molar-refractivity contribution in [3.63, 3.8) is 0 Å². The van der Waals surface area contributed by atoms with E-state index in [1.54, 1.807) is 17.4 Å². The number of phenolic OH excluding ortho intramolecular Hbond substituents is 1. The Labute approximate surface area is 169 Å². The van der Waals surface area contributed by atoms with E-state index < -0.39 is 0 Å². The predicted molar refractivity (Wildman–Crippen MR) is 118 cm³/mol. The van der Waals surface area contributed by atoms with Gasteiger partial charge in [0.2, 0.25) is 0 Å². The summed E-state index contributed by atoms with van der Waals surface area (Å²) in [6, 6.07) is 12.5. The number of benzene rings is 2. The Morgan fingerprint density at radius 2 is 2.07 bits per heavy atom. The number of nitrogens with zero attached hydrogens (tertiary/aromatic N) is 2. The molecule has 2 heterocycles. The van der Waals surface area contributed by atoms with Gasteiger partial charge in [-0.05, 0) is 49.1 Å². The van der Waals surface area contributed by atoms with Gasteiger partial charge in [-0.25, -0.2) is 4.98 Å². The fourth-order valence-corrected chi connectivity index (χ4v) is 4.50. The third-order valence-electron chi connectivity index (χ3n) is 4.80. The van der Waals surface area contributed by atoms with Crippen molar-refractivity contribution in [3.8, 4) is 17.6 Å². The van der Waals surface area contributed by atoms with Crippen LogP contribution in [0, 0.1) is 24.7 Å². The van der Waals surface area contributed by atoms with Gasteiger partial charge < -0.3 is 9.67 Å². The molecule has 0 fully saturated rings. The van der Waals surface area contributed by atoms with Gasteiger partial charge in [-0.15, -0.1) is 11.3 Å². The molecule has 0 bridgehead atoms. The molecular weight excluding hydrogens is 364 g/mol. The molecule has 2 aromatic carbocycles. The Kier molecular flexibility index (Phi) is 5.11. The van der Waals surface area contributed by atoms with Gasteiger partial charge in [0.05, 0.1) is 9.71 Å². The number of hydrogen-bond acceptors (Lipinski definition) is 3. The SMILES string of the molecule is Cc1nc2c(O)cc(C#CCCc3cccc4c3ccn4CC(C)C)cc2s1. The maximum absolute atomic E-state index is 10.2. The van der Waals surface area contributed by atoms with Crippen LogP contribution in [0.25, 0.3) is 21.1 Å². The number of aromatic nitrogens is 2. The molecule has 0 radical (unpaired) electrons. The largest absolute Gasteiger partial charge is 0.506 e. The van der Waals surface area contributed by atoms with Crippen LogP contribution in [0.1, 0.15) is 36.4 Å². The number of fused-ring (bicyclic) bond motifs is 2. The molecule has 28 heavy (non-hydrogen) atoms. The summed E-state index contributed by atoms with van der Waals surface area (Å²) in [5, 5.41) is 12.4. The Hall–Kier alpha value is -2.77. The zero-order valence-corrected chi connectivity index (χ0v) is 17.3. The van der Waals surface area contributed by atoms with Crippen LogP contribution in [0.5, 0.6) is 5.75 Å². The average molecular weight is 389 g/mol. The summed E-state index contributed by atoms with van der Waals surface area (Å²) in [7, 11) is 0. The van der Waals surface area contributed by atoms with E-state index >= 15 is 0 Å². The molecule has 3 nitrogen and oxygen atoms in total. The number of aryl methyl sites for hydroxylation is 2. The molecule has 0 aliphatic carbocycles. The lowest BCUT2D eigenvalue weighted by Crippen LogP contribution is -2.02. The molecule has 0 saturated heterocycles. The van der Waals surface area contributed by atoms with E-state index in [-0.39, 0.29) is 5.75 Å². The Balaban J connectivity index is 1.51. The lowest BCUT2D eigenvalue weighted by molar-refractivity contribution is 0.480. The number of thiazole rings is 1. The minimum Gasteiger partial charge on any atom is -0.506 e. The zero-order valence-electron chi connectivity index (χ0n) is 16.5. The van der Waals surface area contributed by atoms with Gasteiger partial charge in [0.25, 0.3) is 0 Å². The smallest absolute Gasteiger partial charge is 0.143 e. The number of rotatable bonds is 4. The van der Waals surface area contributed by atoms with Crippen LogP contribution in [0.4, 0.5) is 0 Å². The second kappa shape index (κ2) is 7.69. The third-order valence-corrected chi connectivity index (χ3v) is 5.72. The average Bonchev–Trinajstić information content (AvgIpc) is 3.22. The molecule has 0 saturated carbocycles. The molecule has 0 aliphatic heterocycles. The second-order valence-electron chi connectivity index (χ2n) is 7.59. The number of aromatic hydroxyl groups is 1. The molecule has 4 rings (SSSR count). The summed E-state index contributed by atoms with van der Waals surface area (Å²) in [5.41, 5.74) is 4.15. The molecule has 0 aliphatic rings. The van der Waals surface area contributed by atoms with Crippen molar-refractivity contribution in [2.24, 2.45) is 5.92 Å². The highest BCUT2D eigenvalue weighted by Crippen LogP contribution is 2.30. The first kappa shape index (κ1) is 18.6. The van der Waals surface area contributed by atoms with Crippen LogP contribution in [0.2, 0.25) is 0 Å². The maximum Gasteiger partial charge on any atom is 0.143 e. The van der Waals surface area contributed by atoms with E-state index in [1.165, 1.54) is 16.5 Å². The summed E-state index contributed by atoms with van der Waals surface area (Å²) >= 11 is 1.58. The maximum atomic E-state index is 10.2. The molecular formula is C24H24N2OS. The van der Waals surface area contributed by atoms with Gasteiger partial charge in [-0.3, -0.25) is 0 Å². The van der Waals surface area contributed by atoms with Gasteiger partial charge in [-0.1, -0.05) is 37.8 Å². The zero-order chi connectivity index (χ0) is 19.7. The van der Waals surface area contributed by atoms with Gasteiger partial charge in [0.15, 0.2) is 0 Å². The van der Waals surface area contributed by atoms with Crippen molar-refractivity contribution in [2.45, 2.75) is 40.2 Å². The quantitative estimate of drug-likeness (QED) is 0.442. The molecule has 142 valence electrons. The fourth-order valence-electron chi connectivity index (χ4n) is 3.61. The normalized spacial score (nSPS) is 11.3. The third kappa shape index (κ3) is 3.76. The van der Waals surface area contributed by atoms with E-state index in [0.717, 1.165) is 34.7 Å². The number of hydrogen-bond donors (Lipinski definition) is 1. The molecule has 4 heteroatoms. The van der Waals surface area contributed by atoms with E-state index in [9.17, 15) is 5.11 Å². The van der Waals surface area contributed by atoms with Crippen molar-refractivity contribution in [2.75, 3.05) is 0 Å². The van der Waals surface area contributed by atoms with E-state index in [2.05, 4.69) is 65.7 Å². The van der Waals surface area contributed by atoms with Crippen LogP contribution in [-0.2, 0) is 13.0 Å². The van der Waals surface area contributed by atoms with Gasteiger partial charge in [-0.2, -0.15) is 0 Å². The molecule has 0 amide bonds. The van der Waals surface area contributed by atoms with Crippen molar-refractivity contribution in [1.29, 1.82) is 0 Å². The highest BCUT2D eigenvalue weighted by atomic mass is 32.1. The molecule has 4 aromatic rings. The molecule has 1 N–H and O–H groups in total. The van der Waals surface area contributed by atoms with Crippen molar-refractivity contribution < 1.29 is 5.11 Å². The second-order valence-corrected chi connectivity index (χ2v) is 8.82. The fraction of sp³-hybridized carbons (Fsp3) is 0.292. The first-order chi connectivity index (χ1) is 13.5. The highest BCUT2D eigenvalue weighted by Gasteiger charge is 2.08. The van der Waals surface area contributed by atoms with Crippen LogP contribution < -0.4 is 0 Å². The van der Waals surface area contributed by atoms with E-state index in [1.807, 2.05) is 13.0 Å². The molecule has 0 atom stereocenters. The molecule has 0 spiro atoms. The minimum absolute atomic E-state index is 0.211. The Morgan fingerprint density at radius 3 is 2.89 bits per heavy atom. The summed E-state index contributed by atoms with van der Waals surface area (Å²) in [6.07, 6.45) is 3.90. The van der Waals surface area contributed by atoms with Crippen molar-refractivity contribution in [1.82, 2.24) is 9.55 Å². The summed E-state index contributed by atoms with van der Waals surface area (Å²) in [4.78, 5) is 4.36. The van der Waals surface area contributed by atoms with Crippen molar-refractivity contribution >= 4 is 32.5 Å². The van der Waals surface area contributed by atoms with Crippen molar-refractivity contribution in [3.05, 3.63) is 58.7 Å². The van der Waals surface area contributed by atoms with E-state index in [4.69, 9.17) is 0 Å². The molecule has 0 unspecified atom stereocenters. The lowest BCUT2D eigenvalue weighted by Gasteiger charge is -2.09. The van der Waals surface area contributed by atoms with Crippen LogP contribution >= 0.6 is 11.3 Å². The Bertz CT molecular complexity index is 1200. The first-order valence-corrected chi connectivity index (χ1v) is 10.5. The first-order valence-electron chi connectivity index (χ1n) is 9.67. The van der Waals surface area contributed by atoms with Crippen LogP contribution in [0.15, 0.2) is 42.6 Å². The number of phenols is 1. The van der Waals surface area contributed by atoms with Gasteiger partial charge >= 0.3 is 0 Å². The van der Waals surface area contributed by atoms with Gasteiger partial charge in [0.1, 0.15) is 11.3 Å². The predicted octanol–water partition coefficient (Wildman–Crippen LogP) is 5.91. The van der Waals surface area contributed by atoms with Gasteiger partial charge in [0, 0.05) is 35.6 Å². The van der Waals surface area contributed by atoms with E-state index in [0.29, 0.717) is 11.4 Å². The monoisotopic (exact) mass is 388 g/mol. The minimum atomic E-state index is 0.211. The van der Waals surface area contributed by atoms with Crippen LogP contribution in [0.3, 0.4) is 0 Å². The molecule has 2 aromatic heterocycles. The summed E-state index contributed by atoms with van der Waals surface area (Å²) in [5.74, 6) is 7.31. The lowest BCUT2D eigenvalue weighted by atomic mass is 10.1. The Morgan fingerprint density at radius 1 is 1.21 bits per heavy atom. The highest BCUT2D eigenvalue weighted by molar-refractivity contribution is 7.18. The standard InChI is InChI=1S/C24H24N2OS/c1-16(2)15-26-12-11-20-19(9-6-10-21(20)26)8-5-4-7-18-13-22(27)24-23(14-18)28-17(3)25-24/h6,9-14,16,27H,5,8,15H2,1-3H3.